The second-order valence-corrected chi connectivity index (χ2v) is 8.23. The molecule has 0 unspecified atom stereocenters. The quantitative estimate of drug-likeness (QED) is 0.677. The Hall–Kier alpha value is -2.64. The van der Waals surface area contributed by atoms with Crippen molar-refractivity contribution in [3.63, 3.8) is 0 Å². The summed E-state index contributed by atoms with van der Waals surface area (Å²) in [6, 6.07) is 12.5. The molecule has 1 aliphatic heterocycles. The molecule has 1 N–H and O–H groups in total. The standard InChI is InChI=1S/C22H25N5OS/c1-2-18-19(29-22(26-18)20-23-11-6-12-24-20)21(28)25-17-9-13-27(14-10-17)15-16-7-4-3-5-8-16/h3-8,11-12,17H,2,9-10,13-15H2,1H3,(H,25,28). The van der Waals surface area contributed by atoms with E-state index in [1.54, 1.807) is 18.5 Å². The molecule has 3 heterocycles. The van der Waals surface area contributed by atoms with Crippen LogP contribution in [0.15, 0.2) is 48.8 Å². The molecule has 0 radical (unpaired) electrons. The predicted octanol–water partition coefficient (Wildman–Crippen LogP) is 3.56. The number of carbonyl (C=O) groups excluding carboxylic acids is 1. The maximum absolute atomic E-state index is 12.9. The van der Waals surface area contributed by atoms with Gasteiger partial charge in [-0.05, 0) is 30.9 Å². The fourth-order valence-electron chi connectivity index (χ4n) is 3.60. The van der Waals surface area contributed by atoms with E-state index in [0.29, 0.717) is 22.1 Å². The van der Waals surface area contributed by atoms with Crippen molar-refractivity contribution in [1.29, 1.82) is 0 Å². The van der Waals surface area contributed by atoms with Crippen LogP contribution in [0.25, 0.3) is 10.8 Å². The number of nitrogens with zero attached hydrogens (tertiary/aromatic N) is 4. The summed E-state index contributed by atoms with van der Waals surface area (Å²) in [7, 11) is 0. The third-order valence-corrected chi connectivity index (χ3v) is 6.26. The summed E-state index contributed by atoms with van der Waals surface area (Å²) in [6.07, 6.45) is 6.03. The third-order valence-electron chi connectivity index (χ3n) is 5.17. The SMILES string of the molecule is CCc1nc(-c2ncccn2)sc1C(=O)NC1CCN(Cc2ccccc2)CC1. The van der Waals surface area contributed by atoms with Gasteiger partial charge in [-0.3, -0.25) is 9.69 Å². The van der Waals surface area contributed by atoms with Gasteiger partial charge < -0.3 is 5.32 Å². The summed E-state index contributed by atoms with van der Waals surface area (Å²) >= 11 is 1.38. The molecule has 0 aliphatic carbocycles. The van der Waals surface area contributed by atoms with Gasteiger partial charge in [0, 0.05) is 38.1 Å². The van der Waals surface area contributed by atoms with Crippen molar-refractivity contribution >= 4 is 17.2 Å². The highest BCUT2D eigenvalue weighted by atomic mass is 32.1. The first-order valence-corrected chi connectivity index (χ1v) is 10.9. The number of piperidine rings is 1. The molecule has 0 atom stereocenters. The number of likely N-dealkylation sites (tertiary alicyclic amines) is 1. The fraction of sp³-hybridized carbons (Fsp3) is 0.364. The van der Waals surface area contributed by atoms with E-state index < -0.39 is 0 Å². The van der Waals surface area contributed by atoms with E-state index in [4.69, 9.17) is 0 Å². The summed E-state index contributed by atoms with van der Waals surface area (Å²) < 4.78 is 0. The van der Waals surface area contributed by atoms with Crippen molar-refractivity contribution < 1.29 is 4.79 Å². The topological polar surface area (TPSA) is 71.0 Å². The maximum Gasteiger partial charge on any atom is 0.263 e. The third kappa shape index (κ3) is 4.86. The molecule has 1 aliphatic rings. The van der Waals surface area contributed by atoms with Gasteiger partial charge in [-0.25, -0.2) is 15.0 Å². The van der Waals surface area contributed by atoms with Crippen molar-refractivity contribution in [1.82, 2.24) is 25.2 Å². The first-order chi connectivity index (χ1) is 14.2. The van der Waals surface area contributed by atoms with Gasteiger partial charge in [0.2, 0.25) is 0 Å². The van der Waals surface area contributed by atoms with E-state index in [2.05, 4.69) is 49.4 Å². The van der Waals surface area contributed by atoms with Crippen molar-refractivity contribution in [2.24, 2.45) is 0 Å². The number of amides is 1. The number of thiazole rings is 1. The molecule has 2 aromatic heterocycles. The Kier molecular flexibility index (Phi) is 6.27. The molecular weight excluding hydrogens is 382 g/mol. The zero-order valence-electron chi connectivity index (χ0n) is 16.5. The normalized spacial score (nSPS) is 15.3. The summed E-state index contributed by atoms with van der Waals surface area (Å²) in [6.45, 7) is 4.97. The molecule has 150 valence electrons. The van der Waals surface area contributed by atoms with Gasteiger partial charge in [0.25, 0.3) is 5.91 Å². The number of hydrogen-bond donors (Lipinski definition) is 1. The van der Waals surface area contributed by atoms with Crippen molar-refractivity contribution in [2.75, 3.05) is 13.1 Å². The molecule has 1 aromatic carbocycles. The van der Waals surface area contributed by atoms with Crippen LogP contribution < -0.4 is 5.32 Å². The maximum atomic E-state index is 12.9. The zero-order chi connectivity index (χ0) is 20.1. The molecule has 6 nitrogen and oxygen atoms in total. The van der Waals surface area contributed by atoms with Gasteiger partial charge in [0.15, 0.2) is 10.8 Å². The van der Waals surface area contributed by atoms with Crippen molar-refractivity contribution in [2.45, 2.75) is 38.8 Å². The Bertz CT molecular complexity index is 936. The Morgan fingerprint density at radius 2 is 1.86 bits per heavy atom. The summed E-state index contributed by atoms with van der Waals surface area (Å²) in [5.74, 6) is 0.545. The molecule has 1 amide bonds. The van der Waals surface area contributed by atoms with Crippen LogP contribution in [0.2, 0.25) is 0 Å². The van der Waals surface area contributed by atoms with Gasteiger partial charge in [0.05, 0.1) is 5.69 Å². The molecule has 0 bridgehead atoms. The average Bonchev–Trinajstić information content (AvgIpc) is 3.21. The number of carbonyl (C=O) groups is 1. The Morgan fingerprint density at radius 1 is 1.14 bits per heavy atom. The minimum absolute atomic E-state index is 0.0250. The molecule has 0 spiro atoms. The van der Waals surface area contributed by atoms with E-state index in [0.717, 1.165) is 38.2 Å². The van der Waals surface area contributed by atoms with E-state index in [1.165, 1.54) is 16.9 Å². The van der Waals surface area contributed by atoms with Crippen LogP contribution in [0.4, 0.5) is 0 Å². The lowest BCUT2D eigenvalue weighted by molar-refractivity contribution is 0.0912. The molecule has 1 fully saturated rings. The lowest BCUT2D eigenvalue weighted by atomic mass is 10.0. The van der Waals surface area contributed by atoms with E-state index in [9.17, 15) is 4.79 Å². The smallest absolute Gasteiger partial charge is 0.263 e. The van der Waals surface area contributed by atoms with Gasteiger partial charge in [-0.2, -0.15) is 0 Å². The monoisotopic (exact) mass is 407 g/mol. The number of aryl methyl sites for hydroxylation is 1. The zero-order valence-corrected chi connectivity index (χ0v) is 17.4. The molecule has 1 saturated heterocycles. The first-order valence-electron chi connectivity index (χ1n) is 10.1. The highest BCUT2D eigenvalue weighted by Gasteiger charge is 2.24. The molecule has 0 saturated carbocycles. The van der Waals surface area contributed by atoms with Crippen LogP contribution in [-0.4, -0.2) is 44.9 Å². The lowest BCUT2D eigenvalue weighted by Gasteiger charge is -2.32. The highest BCUT2D eigenvalue weighted by molar-refractivity contribution is 7.17. The number of nitrogens with one attached hydrogen (secondary N) is 1. The van der Waals surface area contributed by atoms with Crippen LogP contribution in [0.1, 0.15) is 40.7 Å². The average molecular weight is 408 g/mol. The largest absolute Gasteiger partial charge is 0.348 e. The van der Waals surface area contributed by atoms with Gasteiger partial charge in [-0.15, -0.1) is 11.3 Å². The molecule has 7 heteroatoms. The number of benzene rings is 1. The van der Waals surface area contributed by atoms with E-state index in [1.807, 2.05) is 13.0 Å². The fourth-order valence-corrected chi connectivity index (χ4v) is 4.61. The Morgan fingerprint density at radius 3 is 2.55 bits per heavy atom. The van der Waals surface area contributed by atoms with E-state index in [-0.39, 0.29) is 11.9 Å². The summed E-state index contributed by atoms with van der Waals surface area (Å²) in [4.78, 5) is 29.2. The van der Waals surface area contributed by atoms with Gasteiger partial charge in [0.1, 0.15) is 4.88 Å². The Labute approximate surface area is 175 Å². The number of hydrogen-bond acceptors (Lipinski definition) is 6. The molecule has 3 aromatic rings. The number of aromatic nitrogens is 3. The summed E-state index contributed by atoms with van der Waals surface area (Å²) in [5, 5.41) is 3.92. The first kappa shape index (κ1) is 19.7. The predicted molar refractivity (Wildman–Crippen MR) is 115 cm³/mol. The highest BCUT2D eigenvalue weighted by Crippen LogP contribution is 2.26. The minimum Gasteiger partial charge on any atom is -0.348 e. The molecule has 29 heavy (non-hydrogen) atoms. The number of rotatable bonds is 6. The van der Waals surface area contributed by atoms with Crippen LogP contribution >= 0.6 is 11.3 Å². The van der Waals surface area contributed by atoms with Crippen LogP contribution in [0.5, 0.6) is 0 Å². The van der Waals surface area contributed by atoms with Crippen LogP contribution in [0.3, 0.4) is 0 Å². The van der Waals surface area contributed by atoms with Crippen LogP contribution in [-0.2, 0) is 13.0 Å². The van der Waals surface area contributed by atoms with Crippen molar-refractivity contribution in [3.8, 4) is 10.8 Å². The minimum atomic E-state index is -0.0250. The summed E-state index contributed by atoms with van der Waals surface area (Å²) in [5.41, 5.74) is 2.15. The Balaban J connectivity index is 1.36. The molecule has 4 rings (SSSR count). The van der Waals surface area contributed by atoms with Crippen LogP contribution in [0, 0.1) is 0 Å². The van der Waals surface area contributed by atoms with Gasteiger partial charge >= 0.3 is 0 Å². The van der Waals surface area contributed by atoms with Crippen molar-refractivity contribution in [3.05, 3.63) is 64.9 Å². The molecular formula is C22H25N5OS. The lowest BCUT2D eigenvalue weighted by Crippen LogP contribution is -2.44. The second kappa shape index (κ2) is 9.24. The second-order valence-electron chi connectivity index (χ2n) is 7.23. The van der Waals surface area contributed by atoms with Gasteiger partial charge in [-0.1, -0.05) is 37.3 Å². The van der Waals surface area contributed by atoms with E-state index >= 15 is 0 Å².